The normalized spacial score (nSPS) is 18.6. The fourth-order valence-electron chi connectivity index (χ4n) is 2.52. The van der Waals surface area contributed by atoms with Crippen LogP contribution in [0.5, 0.6) is 0 Å². The number of nitrogens with zero attached hydrogens (tertiary/aromatic N) is 1. The highest BCUT2D eigenvalue weighted by Gasteiger charge is 2.34. The summed E-state index contributed by atoms with van der Waals surface area (Å²) >= 11 is 0. The first-order valence-corrected chi connectivity index (χ1v) is 5.93. The number of rotatable bonds is 0. The van der Waals surface area contributed by atoms with Crippen LogP contribution in [0.25, 0.3) is 12.2 Å². The van der Waals surface area contributed by atoms with E-state index in [1.54, 1.807) is 0 Å². The van der Waals surface area contributed by atoms with E-state index in [0.717, 1.165) is 5.69 Å². The molecule has 0 fully saturated rings. The first-order valence-electron chi connectivity index (χ1n) is 5.93. The van der Waals surface area contributed by atoms with Gasteiger partial charge in [0.25, 0.3) is 0 Å². The Balaban J connectivity index is 2.36. The molecule has 0 spiro atoms. The fourth-order valence-corrected chi connectivity index (χ4v) is 2.52. The van der Waals surface area contributed by atoms with Crippen LogP contribution in [-0.2, 0) is 5.41 Å². The number of fused-ring (bicyclic) bond motifs is 3. The van der Waals surface area contributed by atoms with Crippen LogP contribution in [0.4, 0.5) is 5.69 Å². The maximum atomic E-state index is 4.68. The summed E-state index contributed by atoms with van der Waals surface area (Å²) in [5.41, 5.74) is 9.37. The van der Waals surface area contributed by atoms with Gasteiger partial charge in [-0.05, 0) is 41.8 Å². The van der Waals surface area contributed by atoms with E-state index in [0.29, 0.717) is 0 Å². The van der Waals surface area contributed by atoms with Gasteiger partial charge >= 0.3 is 0 Å². The SMILES string of the molecule is CC1=Nc2ccc3c(c2C1(C)C)C=C=CC=C3. The first-order chi connectivity index (χ1) is 8.10. The highest BCUT2D eigenvalue weighted by molar-refractivity contribution is 6.01. The monoisotopic (exact) mass is 221 g/mol. The van der Waals surface area contributed by atoms with Crippen LogP contribution in [0, 0.1) is 0 Å². The smallest absolute Gasteiger partial charge is 0.0677 e. The molecule has 0 atom stereocenters. The molecule has 3 rings (SSSR count). The highest BCUT2D eigenvalue weighted by atomic mass is 14.8. The Kier molecular flexibility index (Phi) is 2.01. The molecule has 1 aromatic carbocycles. The van der Waals surface area contributed by atoms with E-state index in [-0.39, 0.29) is 5.41 Å². The lowest BCUT2D eigenvalue weighted by atomic mass is 9.78. The predicted octanol–water partition coefficient (Wildman–Crippen LogP) is 4.27. The summed E-state index contributed by atoms with van der Waals surface area (Å²) in [6, 6.07) is 4.26. The van der Waals surface area contributed by atoms with Crippen molar-refractivity contribution in [2.24, 2.45) is 4.99 Å². The second kappa shape index (κ2) is 3.32. The third-order valence-corrected chi connectivity index (χ3v) is 3.77. The molecule has 1 aliphatic carbocycles. The maximum absolute atomic E-state index is 4.68. The molecule has 1 heterocycles. The predicted molar refractivity (Wildman–Crippen MR) is 73.8 cm³/mol. The van der Waals surface area contributed by atoms with Crippen LogP contribution in [-0.4, -0.2) is 5.71 Å². The Morgan fingerprint density at radius 2 is 2.06 bits per heavy atom. The molecule has 0 radical (unpaired) electrons. The number of aliphatic imine (C=N–C) groups is 1. The minimum atomic E-state index is 0.0248. The number of hydrogen-bond donors (Lipinski definition) is 0. The highest BCUT2D eigenvalue weighted by Crippen LogP contribution is 2.43. The lowest BCUT2D eigenvalue weighted by molar-refractivity contribution is 0.731. The molecule has 0 bridgehead atoms. The quantitative estimate of drug-likeness (QED) is 0.580. The summed E-state index contributed by atoms with van der Waals surface area (Å²) in [4.78, 5) is 4.68. The number of allylic oxidation sites excluding steroid dienone is 2. The van der Waals surface area contributed by atoms with Gasteiger partial charge in [0.05, 0.1) is 5.69 Å². The largest absolute Gasteiger partial charge is 0.257 e. The third kappa shape index (κ3) is 1.36. The molecule has 0 saturated heterocycles. The van der Waals surface area contributed by atoms with Crippen LogP contribution in [0.2, 0.25) is 0 Å². The molecule has 1 heteroatoms. The van der Waals surface area contributed by atoms with Gasteiger partial charge in [-0.2, -0.15) is 0 Å². The summed E-state index contributed by atoms with van der Waals surface area (Å²) < 4.78 is 0. The molecule has 1 aliphatic heterocycles. The van der Waals surface area contributed by atoms with Crippen LogP contribution >= 0.6 is 0 Å². The van der Waals surface area contributed by atoms with Crippen LogP contribution < -0.4 is 0 Å². The zero-order valence-electron chi connectivity index (χ0n) is 10.4. The summed E-state index contributed by atoms with van der Waals surface area (Å²) in [7, 11) is 0. The fraction of sp³-hybridized carbons (Fsp3) is 0.250. The van der Waals surface area contributed by atoms with Crippen LogP contribution in [0.15, 0.2) is 35.0 Å². The van der Waals surface area contributed by atoms with Crippen molar-refractivity contribution in [3.63, 3.8) is 0 Å². The second-order valence-corrected chi connectivity index (χ2v) is 5.12. The lowest BCUT2D eigenvalue weighted by Gasteiger charge is -2.23. The van der Waals surface area contributed by atoms with Crippen molar-refractivity contribution in [1.29, 1.82) is 0 Å². The second-order valence-electron chi connectivity index (χ2n) is 5.12. The van der Waals surface area contributed by atoms with E-state index in [9.17, 15) is 0 Å². The molecule has 84 valence electrons. The van der Waals surface area contributed by atoms with Gasteiger partial charge in [-0.1, -0.05) is 32.1 Å². The van der Waals surface area contributed by atoms with Crippen molar-refractivity contribution in [2.75, 3.05) is 0 Å². The van der Waals surface area contributed by atoms with E-state index in [1.807, 2.05) is 12.2 Å². The van der Waals surface area contributed by atoms with Crippen molar-refractivity contribution in [1.82, 2.24) is 0 Å². The van der Waals surface area contributed by atoms with E-state index < -0.39 is 0 Å². The van der Waals surface area contributed by atoms with Crippen LogP contribution in [0.3, 0.4) is 0 Å². The zero-order valence-corrected chi connectivity index (χ0v) is 10.4. The topological polar surface area (TPSA) is 12.4 Å². The Morgan fingerprint density at radius 1 is 1.24 bits per heavy atom. The summed E-state index contributed by atoms with van der Waals surface area (Å²) in [5.74, 6) is 0. The van der Waals surface area contributed by atoms with Crippen molar-refractivity contribution < 1.29 is 0 Å². The van der Waals surface area contributed by atoms with E-state index >= 15 is 0 Å². The van der Waals surface area contributed by atoms with Gasteiger partial charge in [0.15, 0.2) is 0 Å². The Bertz CT molecular complexity index is 621. The molecule has 0 saturated carbocycles. The van der Waals surface area contributed by atoms with Gasteiger partial charge in [-0.3, -0.25) is 4.99 Å². The van der Waals surface area contributed by atoms with Crippen molar-refractivity contribution in [2.45, 2.75) is 26.2 Å². The Hall–Kier alpha value is -1.85. The molecule has 17 heavy (non-hydrogen) atoms. The van der Waals surface area contributed by atoms with Gasteiger partial charge in [-0.25, -0.2) is 0 Å². The van der Waals surface area contributed by atoms with E-state index in [2.05, 4.69) is 55.8 Å². The Labute approximate surface area is 102 Å². The summed E-state index contributed by atoms with van der Waals surface area (Å²) in [6.45, 7) is 6.59. The van der Waals surface area contributed by atoms with Crippen molar-refractivity contribution >= 4 is 23.6 Å². The molecule has 0 amide bonds. The molecule has 0 aromatic heterocycles. The maximum Gasteiger partial charge on any atom is 0.0677 e. The van der Waals surface area contributed by atoms with Gasteiger partial charge < -0.3 is 0 Å². The lowest BCUT2D eigenvalue weighted by Crippen LogP contribution is -2.23. The van der Waals surface area contributed by atoms with Crippen molar-refractivity contribution in [3.8, 4) is 0 Å². The van der Waals surface area contributed by atoms with Gasteiger partial charge in [0.2, 0.25) is 0 Å². The van der Waals surface area contributed by atoms with Crippen LogP contribution in [0.1, 0.15) is 37.5 Å². The first kappa shape index (κ1) is 10.3. The van der Waals surface area contributed by atoms with Gasteiger partial charge in [0.1, 0.15) is 0 Å². The number of benzene rings is 1. The summed E-state index contributed by atoms with van der Waals surface area (Å²) in [6.07, 6.45) is 8.19. The minimum absolute atomic E-state index is 0.0248. The van der Waals surface area contributed by atoms with Gasteiger partial charge in [-0.15, -0.1) is 5.73 Å². The molecule has 0 unspecified atom stereocenters. The number of hydrogen-bond acceptors (Lipinski definition) is 1. The molecule has 1 aromatic rings. The zero-order chi connectivity index (χ0) is 12.0. The van der Waals surface area contributed by atoms with E-state index in [4.69, 9.17) is 0 Å². The average Bonchev–Trinajstić information content (AvgIpc) is 2.47. The molecular formula is C16H15N. The van der Waals surface area contributed by atoms with Crippen molar-refractivity contribution in [3.05, 3.63) is 46.7 Å². The molecular weight excluding hydrogens is 206 g/mol. The van der Waals surface area contributed by atoms with Gasteiger partial charge in [0, 0.05) is 11.1 Å². The standard InChI is InChI=1S/C16H15N/c1-11-16(2,3)15-13-8-6-4-5-7-12(13)9-10-14(15)17-11/h4-5,7-10H,1-3H3. The third-order valence-electron chi connectivity index (χ3n) is 3.77. The average molecular weight is 221 g/mol. The molecule has 2 aliphatic rings. The minimum Gasteiger partial charge on any atom is -0.257 e. The molecule has 1 nitrogen and oxygen atoms in total. The Morgan fingerprint density at radius 3 is 2.88 bits per heavy atom. The van der Waals surface area contributed by atoms with E-state index in [1.165, 1.54) is 22.4 Å². The summed E-state index contributed by atoms with van der Waals surface area (Å²) in [5, 5.41) is 0. The molecule has 0 N–H and O–H groups in total.